The molecule has 0 aliphatic carbocycles. The van der Waals surface area contributed by atoms with Crippen LogP contribution in [0.5, 0.6) is 0 Å². The average molecular weight is 352 g/mol. The van der Waals surface area contributed by atoms with Gasteiger partial charge in [-0.05, 0) is 39.0 Å². The summed E-state index contributed by atoms with van der Waals surface area (Å²) in [4.78, 5) is 18.6. The van der Waals surface area contributed by atoms with Crippen molar-refractivity contribution < 1.29 is 4.52 Å². The van der Waals surface area contributed by atoms with Gasteiger partial charge >= 0.3 is 0 Å². The molecule has 1 atom stereocenters. The maximum absolute atomic E-state index is 5.23. The minimum atomic E-state index is -0.162. The number of aryl methyl sites for hydroxylation is 2. The monoisotopic (exact) mass is 352 g/mol. The van der Waals surface area contributed by atoms with Crippen LogP contribution >= 0.6 is 11.3 Å². The number of aromatic nitrogens is 5. The first-order valence-corrected chi connectivity index (χ1v) is 8.66. The normalized spacial score (nSPS) is 12.4. The minimum absolute atomic E-state index is 0.162. The molecular weight excluding hydrogens is 336 g/mol. The Balaban J connectivity index is 1.73. The molecule has 1 aromatic carbocycles. The number of hydrogen-bond acceptors (Lipinski definition) is 8. The number of benzene rings is 1. The molecule has 3 heterocycles. The highest BCUT2D eigenvalue weighted by Gasteiger charge is 2.15. The Morgan fingerprint density at radius 2 is 2.04 bits per heavy atom. The standard InChI is InChI=1S/C17H16N6OS/c1-9-7-18-17(25-9)12-4-5-14-13(6-12)15(20-8-19-14)21-10(2)16-22-11(3)23-24-16/h4-8,10H,1-3H3,(H,19,20,21). The van der Waals surface area contributed by atoms with E-state index >= 15 is 0 Å². The maximum Gasteiger partial charge on any atom is 0.248 e. The Labute approximate surface area is 148 Å². The number of fused-ring (bicyclic) bond motifs is 1. The lowest BCUT2D eigenvalue weighted by atomic mass is 10.1. The molecule has 8 heteroatoms. The first-order valence-electron chi connectivity index (χ1n) is 7.84. The van der Waals surface area contributed by atoms with Gasteiger partial charge in [0, 0.05) is 22.0 Å². The zero-order valence-corrected chi connectivity index (χ0v) is 14.8. The molecule has 0 bridgehead atoms. The van der Waals surface area contributed by atoms with E-state index in [0.29, 0.717) is 11.7 Å². The molecule has 0 radical (unpaired) electrons. The van der Waals surface area contributed by atoms with Crippen molar-refractivity contribution in [1.82, 2.24) is 25.1 Å². The Hall–Kier alpha value is -2.87. The summed E-state index contributed by atoms with van der Waals surface area (Å²) in [5, 5.41) is 9.07. The van der Waals surface area contributed by atoms with Crippen molar-refractivity contribution in [3.63, 3.8) is 0 Å². The summed E-state index contributed by atoms with van der Waals surface area (Å²) < 4.78 is 5.23. The van der Waals surface area contributed by atoms with Crippen LogP contribution < -0.4 is 5.32 Å². The summed E-state index contributed by atoms with van der Waals surface area (Å²) in [5.74, 6) is 1.86. The minimum Gasteiger partial charge on any atom is -0.358 e. The summed E-state index contributed by atoms with van der Waals surface area (Å²) in [6.45, 7) is 5.80. The van der Waals surface area contributed by atoms with Crippen molar-refractivity contribution in [2.24, 2.45) is 0 Å². The van der Waals surface area contributed by atoms with Crippen LogP contribution in [-0.2, 0) is 0 Å². The van der Waals surface area contributed by atoms with Crippen molar-refractivity contribution in [3.05, 3.63) is 47.3 Å². The third-order valence-corrected chi connectivity index (χ3v) is 4.73. The number of thiazole rings is 1. The second kappa shape index (κ2) is 6.21. The number of hydrogen-bond donors (Lipinski definition) is 1. The average Bonchev–Trinajstić information content (AvgIpc) is 3.23. The molecule has 3 aromatic heterocycles. The van der Waals surface area contributed by atoms with Gasteiger partial charge in [0.25, 0.3) is 0 Å². The quantitative estimate of drug-likeness (QED) is 0.595. The molecule has 0 saturated carbocycles. The van der Waals surface area contributed by atoms with Crippen LogP contribution in [-0.4, -0.2) is 25.1 Å². The molecule has 0 saturated heterocycles. The molecule has 1 unspecified atom stereocenters. The molecule has 25 heavy (non-hydrogen) atoms. The van der Waals surface area contributed by atoms with E-state index in [4.69, 9.17) is 4.52 Å². The van der Waals surface area contributed by atoms with Crippen molar-refractivity contribution in [3.8, 4) is 10.6 Å². The number of nitrogens with one attached hydrogen (secondary N) is 1. The smallest absolute Gasteiger partial charge is 0.248 e. The lowest BCUT2D eigenvalue weighted by Gasteiger charge is -2.12. The lowest BCUT2D eigenvalue weighted by molar-refractivity contribution is 0.364. The van der Waals surface area contributed by atoms with Crippen LogP contribution in [0, 0.1) is 13.8 Å². The van der Waals surface area contributed by atoms with Crippen LogP contribution in [0.2, 0.25) is 0 Å². The van der Waals surface area contributed by atoms with E-state index in [-0.39, 0.29) is 6.04 Å². The predicted octanol–water partition coefficient (Wildman–Crippen LogP) is 3.93. The Morgan fingerprint density at radius 1 is 1.16 bits per heavy atom. The van der Waals surface area contributed by atoms with Gasteiger partial charge in [-0.1, -0.05) is 5.16 Å². The molecule has 7 nitrogen and oxygen atoms in total. The van der Waals surface area contributed by atoms with Gasteiger partial charge in [0.2, 0.25) is 5.89 Å². The van der Waals surface area contributed by atoms with Gasteiger partial charge in [-0.3, -0.25) is 0 Å². The molecule has 4 rings (SSSR count). The number of anilines is 1. The second-order valence-corrected chi connectivity index (χ2v) is 7.01. The Kier molecular flexibility index (Phi) is 3.89. The van der Waals surface area contributed by atoms with Crippen molar-refractivity contribution in [1.29, 1.82) is 0 Å². The molecule has 126 valence electrons. The van der Waals surface area contributed by atoms with Crippen molar-refractivity contribution in [2.45, 2.75) is 26.8 Å². The number of nitrogens with zero attached hydrogens (tertiary/aromatic N) is 5. The van der Waals surface area contributed by atoms with Gasteiger partial charge in [0.05, 0.1) is 5.52 Å². The van der Waals surface area contributed by atoms with Crippen LogP contribution in [0.4, 0.5) is 5.82 Å². The van der Waals surface area contributed by atoms with Gasteiger partial charge in [0.1, 0.15) is 23.2 Å². The zero-order chi connectivity index (χ0) is 17.4. The first kappa shape index (κ1) is 15.6. The summed E-state index contributed by atoms with van der Waals surface area (Å²) in [7, 11) is 0. The highest BCUT2D eigenvalue weighted by atomic mass is 32.1. The summed E-state index contributed by atoms with van der Waals surface area (Å²) >= 11 is 1.66. The summed E-state index contributed by atoms with van der Waals surface area (Å²) in [6, 6.07) is 5.91. The summed E-state index contributed by atoms with van der Waals surface area (Å²) in [5.41, 5.74) is 1.91. The topological polar surface area (TPSA) is 89.6 Å². The van der Waals surface area contributed by atoms with Crippen molar-refractivity contribution >= 4 is 28.1 Å². The second-order valence-electron chi connectivity index (χ2n) is 5.78. The third-order valence-electron chi connectivity index (χ3n) is 3.77. The fourth-order valence-corrected chi connectivity index (χ4v) is 3.31. The van der Waals surface area contributed by atoms with Crippen LogP contribution in [0.15, 0.2) is 35.2 Å². The van der Waals surface area contributed by atoms with Gasteiger partial charge in [-0.25, -0.2) is 15.0 Å². The molecule has 4 aromatic rings. The van der Waals surface area contributed by atoms with Gasteiger partial charge in [-0.15, -0.1) is 11.3 Å². The fourth-order valence-electron chi connectivity index (χ4n) is 2.55. The first-order chi connectivity index (χ1) is 12.1. The molecule has 0 spiro atoms. The Bertz CT molecular complexity index is 1040. The van der Waals surface area contributed by atoms with E-state index in [2.05, 4.69) is 36.5 Å². The molecule has 0 amide bonds. The number of rotatable bonds is 4. The molecular formula is C17H16N6OS. The van der Waals surface area contributed by atoms with E-state index in [0.717, 1.165) is 27.3 Å². The van der Waals surface area contributed by atoms with Crippen LogP contribution in [0.3, 0.4) is 0 Å². The largest absolute Gasteiger partial charge is 0.358 e. The van der Waals surface area contributed by atoms with Gasteiger partial charge in [-0.2, -0.15) is 4.98 Å². The SMILES string of the molecule is Cc1noc(C(C)Nc2ncnc3ccc(-c4ncc(C)s4)cc23)n1. The third kappa shape index (κ3) is 3.08. The zero-order valence-electron chi connectivity index (χ0n) is 14.0. The highest BCUT2D eigenvalue weighted by molar-refractivity contribution is 7.14. The lowest BCUT2D eigenvalue weighted by Crippen LogP contribution is -2.09. The molecule has 1 N–H and O–H groups in total. The van der Waals surface area contributed by atoms with Crippen LogP contribution in [0.1, 0.15) is 29.6 Å². The van der Waals surface area contributed by atoms with E-state index in [9.17, 15) is 0 Å². The van der Waals surface area contributed by atoms with E-state index < -0.39 is 0 Å². The van der Waals surface area contributed by atoms with Gasteiger partial charge in [0.15, 0.2) is 5.82 Å². The maximum atomic E-state index is 5.23. The Morgan fingerprint density at radius 3 is 2.76 bits per heavy atom. The van der Waals surface area contributed by atoms with Crippen LogP contribution in [0.25, 0.3) is 21.5 Å². The van der Waals surface area contributed by atoms with E-state index in [1.165, 1.54) is 4.88 Å². The van der Waals surface area contributed by atoms with E-state index in [1.54, 1.807) is 24.6 Å². The highest BCUT2D eigenvalue weighted by Crippen LogP contribution is 2.30. The fraction of sp³-hybridized carbons (Fsp3) is 0.235. The van der Waals surface area contributed by atoms with Gasteiger partial charge < -0.3 is 9.84 Å². The molecule has 0 aliphatic rings. The molecule has 0 aliphatic heterocycles. The van der Waals surface area contributed by atoms with Crippen molar-refractivity contribution in [2.75, 3.05) is 5.32 Å². The van der Waals surface area contributed by atoms with E-state index in [1.807, 2.05) is 32.2 Å². The predicted molar refractivity (Wildman–Crippen MR) is 96.5 cm³/mol. The summed E-state index contributed by atoms with van der Waals surface area (Å²) in [6.07, 6.45) is 3.43. The molecule has 0 fully saturated rings.